The van der Waals surface area contributed by atoms with Gasteiger partial charge in [0.25, 0.3) is 0 Å². The Morgan fingerprint density at radius 2 is 0.734 bits per heavy atom. The first-order valence-electron chi connectivity index (χ1n) is 28.6. The summed E-state index contributed by atoms with van der Waals surface area (Å²) in [6.45, 7) is 4.89. The molecule has 0 spiro atoms. The normalized spacial score (nSPS) is 12.8. The lowest BCUT2D eigenvalue weighted by Crippen LogP contribution is -2.45. The van der Waals surface area contributed by atoms with Crippen LogP contribution in [0.25, 0.3) is 0 Å². The third-order valence-electron chi connectivity index (χ3n) is 13.2. The van der Waals surface area contributed by atoms with E-state index in [2.05, 4.69) is 31.3 Å². The Morgan fingerprint density at radius 1 is 0.422 bits per heavy atom. The molecule has 2 atom stereocenters. The van der Waals surface area contributed by atoms with Crippen molar-refractivity contribution < 1.29 is 24.5 Å². The van der Waals surface area contributed by atoms with Crippen molar-refractivity contribution in [1.29, 1.82) is 0 Å². The molecule has 3 N–H and O–H groups in total. The summed E-state index contributed by atoms with van der Waals surface area (Å²) in [5.74, 6) is -0.0719. The smallest absolute Gasteiger partial charge is 0.305 e. The second-order valence-corrected chi connectivity index (χ2v) is 19.6. The SMILES string of the molecule is CCCCCCCC/C=C\CCCCCCCCCC(=O)OCCCCCCCCCCCCCCCCCCCC(=O)NC(CO)C(O)/C=C/CCCCCCCCCCCCC. The third kappa shape index (κ3) is 49.8. The summed E-state index contributed by atoms with van der Waals surface area (Å²) in [5.41, 5.74) is 0. The van der Waals surface area contributed by atoms with Crippen molar-refractivity contribution in [2.24, 2.45) is 0 Å². The number of carbonyl (C=O) groups excluding carboxylic acids is 2. The molecular weight excluding hydrogens is 791 g/mol. The summed E-state index contributed by atoms with van der Waals surface area (Å²) in [7, 11) is 0. The van der Waals surface area contributed by atoms with Crippen molar-refractivity contribution in [1.82, 2.24) is 5.32 Å². The van der Waals surface area contributed by atoms with Crippen molar-refractivity contribution in [3.8, 4) is 0 Å². The van der Waals surface area contributed by atoms with Gasteiger partial charge in [-0.25, -0.2) is 0 Å². The number of esters is 1. The number of amides is 1. The second kappa shape index (κ2) is 54.0. The average Bonchev–Trinajstić information content (AvgIpc) is 3.29. The molecule has 1 amide bonds. The summed E-state index contributed by atoms with van der Waals surface area (Å²) in [6, 6.07) is -0.631. The Bertz CT molecular complexity index is 997. The quantitative estimate of drug-likeness (QED) is 0.0321. The van der Waals surface area contributed by atoms with Gasteiger partial charge in [0, 0.05) is 12.8 Å². The van der Waals surface area contributed by atoms with Crippen LogP contribution in [0.3, 0.4) is 0 Å². The molecule has 0 aliphatic carbocycles. The molecule has 0 rings (SSSR count). The van der Waals surface area contributed by atoms with Gasteiger partial charge in [-0.3, -0.25) is 9.59 Å². The topological polar surface area (TPSA) is 95.9 Å². The van der Waals surface area contributed by atoms with Crippen LogP contribution in [0.15, 0.2) is 24.3 Å². The molecule has 6 nitrogen and oxygen atoms in total. The van der Waals surface area contributed by atoms with Crippen LogP contribution in [0.1, 0.15) is 309 Å². The molecule has 0 saturated carbocycles. The summed E-state index contributed by atoms with van der Waals surface area (Å²) in [4.78, 5) is 24.5. The van der Waals surface area contributed by atoms with E-state index in [0.717, 1.165) is 44.9 Å². The van der Waals surface area contributed by atoms with Crippen LogP contribution in [0.4, 0.5) is 0 Å². The molecule has 64 heavy (non-hydrogen) atoms. The van der Waals surface area contributed by atoms with Crippen molar-refractivity contribution in [3.05, 3.63) is 24.3 Å². The second-order valence-electron chi connectivity index (χ2n) is 19.6. The van der Waals surface area contributed by atoms with Gasteiger partial charge in [0.2, 0.25) is 5.91 Å². The maximum Gasteiger partial charge on any atom is 0.305 e. The molecule has 0 aromatic rings. The Morgan fingerprint density at radius 3 is 1.11 bits per heavy atom. The zero-order chi connectivity index (χ0) is 46.5. The van der Waals surface area contributed by atoms with Crippen LogP contribution in [-0.4, -0.2) is 47.4 Å². The van der Waals surface area contributed by atoms with Crippen LogP contribution in [0, 0.1) is 0 Å². The van der Waals surface area contributed by atoms with Gasteiger partial charge in [0.1, 0.15) is 0 Å². The highest BCUT2D eigenvalue weighted by molar-refractivity contribution is 5.76. The summed E-state index contributed by atoms with van der Waals surface area (Å²) in [5, 5.41) is 23.1. The maximum absolute atomic E-state index is 12.4. The number of hydrogen-bond acceptors (Lipinski definition) is 5. The lowest BCUT2D eigenvalue weighted by Gasteiger charge is -2.20. The fourth-order valence-electron chi connectivity index (χ4n) is 8.81. The molecule has 0 saturated heterocycles. The van der Waals surface area contributed by atoms with Gasteiger partial charge in [0.15, 0.2) is 0 Å². The first kappa shape index (κ1) is 62.3. The van der Waals surface area contributed by atoms with Gasteiger partial charge >= 0.3 is 5.97 Å². The van der Waals surface area contributed by atoms with Gasteiger partial charge in [-0.2, -0.15) is 0 Å². The molecule has 0 bridgehead atoms. The van der Waals surface area contributed by atoms with E-state index in [1.807, 2.05) is 6.08 Å². The van der Waals surface area contributed by atoms with Crippen molar-refractivity contribution in [3.63, 3.8) is 0 Å². The molecule has 0 fully saturated rings. The molecule has 0 aliphatic rings. The van der Waals surface area contributed by atoms with Crippen LogP contribution >= 0.6 is 0 Å². The summed E-state index contributed by atoms with van der Waals surface area (Å²) < 4.78 is 5.48. The summed E-state index contributed by atoms with van der Waals surface area (Å²) in [6.07, 6.45) is 64.8. The predicted molar refractivity (Wildman–Crippen MR) is 278 cm³/mol. The minimum atomic E-state index is -0.847. The highest BCUT2D eigenvalue weighted by atomic mass is 16.5. The van der Waals surface area contributed by atoms with E-state index in [0.29, 0.717) is 19.4 Å². The van der Waals surface area contributed by atoms with Gasteiger partial charge in [-0.1, -0.05) is 263 Å². The van der Waals surface area contributed by atoms with E-state index >= 15 is 0 Å². The van der Waals surface area contributed by atoms with E-state index in [1.165, 1.54) is 238 Å². The molecule has 6 heteroatoms. The number of rotatable bonds is 53. The third-order valence-corrected chi connectivity index (χ3v) is 13.2. The molecule has 0 aliphatic heterocycles. The van der Waals surface area contributed by atoms with Crippen LogP contribution < -0.4 is 5.32 Å². The molecule has 0 aromatic carbocycles. The highest BCUT2D eigenvalue weighted by Gasteiger charge is 2.18. The Balaban J connectivity index is 3.42. The van der Waals surface area contributed by atoms with E-state index < -0.39 is 12.1 Å². The lowest BCUT2D eigenvalue weighted by molar-refractivity contribution is -0.143. The van der Waals surface area contributed by atoms with E-state index in [9.17, 15) is 19.8 Å². The minimum absolute atomic E-state index is 0.00116. The molecular formula is C58H111NO5. The lowest BCUT2D eigenvalue weighted by atomic mass is 10.0. The zero-order valence-corrected chi connectivity index (χ0v) is 43.0. The van der Waals surface area contributed by atoms with Gasteiger partial charge < -0.3 is 20.3 Å². The molecule has 378 valence electrons. The number of allylic oxidation sites excluding steroid dienone is 3. The number of aliphatic hydroxyl groups is 2. The fourth-order valence-corrected chi connectivity index (χ4v) is 8.81. The Hall–Kier alpha value is -1.66. The maximum atomic E-state index is 12.4. The number of carbonyl (C=O) groups is 2. The standard InChI is InChI=1S/C58H111NO5/c1-3-5-7-9-11-13-15-17-18-20-24-28-32-36-40-44-48-52-58(63)64-53-49-45-41-37-33-29-25-22-19-21-23-27-31-35-39-43-47-51-57(62)59-55(54-60)56(61)50-46-42-38-34-30-26-16-14-12-10-8-6-4-2/h17-18,46,50,55-56,60-61H,3-16,19-45,47-49,51-54H2,1-2H3,(H,59,62)/b18-17-,50-46+. The number of ether oxygens (including phenoxy) is 1. The Kier molecular flexibility index (Phi) is 52.6. The molecule has 0 aromatic heterocycles. The van der Waals surface area contributed by atoms with Gasteiger partial charge in [-0.05, 0) is 57.8 Å². The summed E-state index contributed by atoms with van der Waals surface area (Å²) >= 11 is 0. The van der Waals surface area contributed by atoms with E-state index in [4.69, 9.17) is 4.74 Å². The number of unbranched alkanes of at least 4 members (excludes halogenated alkanes) is 40. The largest absolute Gasteiger partial charge is 0.466 e. The molecule has 0 radical (unpaired) electrons. The number of nitrogens with one attached hydrogen (secondary N) is 1. The van der Waals surface area contributed by atoms with Crippen LogP contribution in [0.2, 0.25) is 0 Å². The fraction of sp³-hybridized carbons (Fsp3) is 0.897. The predicted octanol–water partition coefficient (Wildman–Crippen LogP) is 17.5. The first-order valence-corrected chi connectivity index (χ1v) is 28.6. The first-order chi connectivity index (χ1) is 31.5. The van der Waals surface area contributed by atoms with Gasteiger partial charge in [-0.15, -0.1) is 0 Å². The molecule has 0 heterocycles. The van der Waals surface area contributed by atoms with Crippen LogP contribution in [-0.2, 0) is 14.3 Å². The number of hydrogen-bond donors (Lipinski definition) is 3. The minimum Gasteiger partial charge on any atom is -0.466 e. The van der Waals surface area contributed by atoms with E-state index in [1.54, 1.807) is 6.08 Å². The Labute approximate surface area is 399 Å². The van der Waals surface area contributed by atoms with E-state index in [-0.39, 0.29) is 18.5 Å². The van der Waals surface area contributed by atoms with Crippen molar-refractivity contribution in [2.75, 3.05) is 13.2 Å². The van der Waals surface area contributed by atoms with Crippen molar-refractivity contribution in [2.45, 2.75) is 321 Å². The monoisotopic (exact) mass is 902 g/mol. The molecule has 2 unspecified atom stereocenters. The average molecular weight is 903 g/mol. The van der Waals surface area contributed by atoms with Crippen molar-refractivity contribution >= 4 is 11.9 Å². The zero-order valence-electron chi connectivity index (χ0n) is 43.0. The van der Waals surface area contributed by atoms with Gasteiger partial charge in [0.05, 0.1) is 25.4 Å². The van der Waals surface area contributed by atoms with Crippen LogP contribution in [0.5, 0.6) is 0 Å². The highest BCUT2D eigenvalue weighted by Crippen LogP contribution is 2.17. The number of aliphatic hydroxyl groups excluding tert-OH is 2.